The van der Waals surface area contributed by atoms with E-state index in [-0.39, 0.29) is 0 Å². The third-order valence-electron chi connectivity index (χ3n) is 3.62. The minimum atomic E-state index is 0.850. The summed E-state index contributed by atoms with van der Waals surface area (Å²) in [5.74, 6) is 0. The molecular formula is C17H25N3S. The summed E-state index contributed by atoms with van der Waals surface area (Å²) in [6.45, 7) is 10.4. The Hall–Kier alpha value is -1.39. The van der Waals surface area contributed by atoms with Crippen molar-refractivity contribution in [2.24, 2.45) is 0 Å². The van der Waals surface area contributed by atoms with Crippen molar-refractivity contribution < 1.29 is 0 Å². The molecule has 4 heteroatoms. The fourth-order valence-electron chi connectivity index (χ4n) is 2.32. The molecule has 3 nitrogen and oxygen atoms in total. The summed E-state index contributed by atoms with van der Waals surface area (Å²) in [5.41, 5.74) is 2.62. The Bertz CT molecular complexity index is 529. The minimum Gasteiger partial charge on any atom is -0.372 e. The van der Waals surface area contributed by atoms with Gasteiger partial charge in [-0.05, 0) is 38.0 Å². The first-order valence-electron chi connectivity index (χ1n) is 7.75. The van der Waals surface area contributed by atoms with Crippen molar-refractivity contribution in [2.75, 3.05) is 18.0 Å². The van der Waals surface area contributed by atoms with Crippen molar-refractivity contribution in [1.82, 2.24) is 10.3 Å². The van der Waals surface area contributed by atoms with E-state index in [4.69, 9.17) is 0 Å². The molecule has 0 bridgehead atoms. The minimum absolute atomic E-state index is 0.850. The fourth-order valence-corrected chi connectivity index (χ4v) is 3.15. The van der Waals surface area contributed by atoms with E-state index in [0.717, 1.165) is 32.6 Å². The Morgan fingerprint density at radius 1 is 1.05 bits per heavy atom. The first kappa shape index (κ1) is 16.0. The molecule has 0 radical (unpaired) electrons. The maximum atomic E-state index is 4.43. The van der Waals surface area contributed by atoms with Gasteiger partial charge in [-0.15, -0.1) is 11.3 Å². The molecule has 1 aromatic carbocycles. The maximum absolute atomic E-state index is 4.43. The number of nitrogens with zero attached hydrogens (tertiary/aromatic N) is 2. The van der Waals surface area contributed by atoms with Gasteiger partial charge in [-0.2, -0.15) is 0 Å². The highest BCUT2D eigenvalue weighted by Gasteiger charge is 2.02. The highest BCUT2D eigenvalue weighted by Crippen LogP contribution is 2.16. The fraction of sp³-hybridized carbons (Fsp3) is 0.471. The molecule has 0 aliphatic heterocycles. The van der Waals surface area contributed by atoms with Crippen molar-refractivity contribution in [3.8, 4) is 0 Å². The van der Waals surface area contributed by atoms with Crippen LogP contribution in [0.1, 0.15) is 36.2 Å². The van der Waals surface area contributed by atoms with Crippen molar-refractivity contribution in [3.63, 3.8) is 0 Å². The number of anilines is 1. The predicted octanol–water partition coefficient (Wildman–Crippen LogP) is 3.84. The third-order valence-corrected chi connectivity index (χ3v) is 4.76. The summed E-state index contributed by atoms with van der Waals surface area (Å²) in [5, 5.41) is 4.64. The van der Waals surface area contributed by atoms with Crippen LogP contribution < -0.4 is 10.2 Å². The Balaban J connectivity index is 1.83. The molecule has 0 aliphatic rings. The molecule has 21 heavy (non-hydrogen) atoms. The van der Waals surface area contributed by atoms with Gasteiger partial charge in [-0.3, -0.25) is 0 Å². The second kappa shape index (κ2) is 8.15. The van der Waals surface area contributed by atoms with Gasteiger partial charge in [-0.25, -0.2) is 4.98 Å². The summed E-state index contributed by atoms with van der Waals surface area (Å²) in [6.07, 6.45) is 3.06. The normalized spacial score (nSPS) is 10.8. The van der Waals surface area contributed by atoms with Gasteiger partial charge >= 0.3 is 0 Å². The number of thiazole rings is 1. The summed E-state index contributed by atoms with van der Waals surface area (Å²) in [4.78, 5) is 8.14. The average molecular weight is 303 g/mol. The molecule has 114 valence electrons. The number of hydrogen-bond acceptors (Lipinski definition) is 4. The first-order chi connectivity index (χ1) is 10.3. The maximum Gasteiger partial charge on any atom is 0.107 e. The second-order valence-electron chi connectivity index (χ2n) is 5.02. The molecule has 1 N–H and O–H groups in total. The Labute approximate surface area is 132 Å². The first-order valence-corrected chi connectivity index (χ1v) is 8.56. The van der Waals surface area contributed by atoms with E-state index in [2.05, 4.69) is 60.2 Å². The zero-order chi connectivity index (χ0) is 15.1. The molecule has 0 saturated heterocycles. The number of aryl methyl sites for hydroxylation is 1. The SMILES string of the molecule is CCc1cnc(CNCc2ccc(N(CC)CC)cc2)s1. The molecular weight excluding hydrogens is 278 g/mol. The lowest BCUT2D eigenvalue weighted by Gasteiger charge is -2.21. The number of benzene rings is 1. The van der Waals surface area contributed by atoms with E-state index >= 15 is 0 Å². The van der Waals surface area contributed by atoms with Gasteiger partial charge in [-0.1, -0.05) is 19.1 Å². The number of aromatic nitrogens is 1. The molecule has 0 fully saturated rings. The smallest absolute Gasteiger partial charge is 0.107 e. The van der Waals surface area contributed by atoms with Gasteiger partial charge < -0.3 is 10.2 Å². The Morgan fingerprint density at radius 3 is 2.33 bits per heavy atom. The van der Waals surface area contributed by atoms with Gasteiger partial charge in [0.15, 0.2) is 0 Å². The lowest BCUT2D eigenvalue weighted by Crippen LogP contribution is -2.21. The lowest BCUT2D eigenvalue weighted by molar-refractivity contribution is 0.690. The van der Waals surface area contributed by atoms with E-state index in [0.29, 0.717) is 0 Å². The van der Waals surface area contributed by atoms with Gasteiger partial charge in [0, 0.05) is 42.9 Å². The molecule has 0 unspecified atom stereocenters. The molecule has 0 saturated carbocycles. The topological polar surface area (TPSA) is 28.2 Å². The zero-order valence-corrected chi connectivity index (χ0v) is 14.0. The lowest BCUT2D eigenvalue weighted by atomic mass is 10.2. The van der Waals surface area contributed by atoms with Crippen LogP contribution in [0.15, 0.2) is 30.5 Å². The summed E-state index contributed by atoms with van der Waals surface area (Å²) >= 11 is 1.80. The van der Waals surface area contributed by atoms with Crippen LogP contribution >= 0.6 is 11.3 Å². The second-order valence-corrected chi connectivity index (χ2v) is 6.22. The molecule has 0 aliphatic carbocycles. The summed E-state index contributed by atoms with van der Waals surface area (Å²) in [6, 6.07) is 8.84. The molecule has 0 atom stereocenters. The van der Waals surface area contributed by atoms with Crippen molar-refractivity contribution in [2.45, 2.75) is 40.3 Å². The monoisotopic (exact) mass is 303 g/mol. The van der Waals surface area contributed by atoms with Gasteiger partial charge in [0.05, 0.1) is 0 Å². The highest BCUT2D eigenvalue weighted by atomic mass is 32.1. The molecule has 1 heterocycles. The van der Waals surface area contributed by atoms with Crippen LogP contribution in [0, 0.1) is 0 Å². The van der Waals surface area contributed by atoms with Crippen LogP contribution in [0.5, 0.6) is 0 Å². The predicted molar refractivity (Wildman–Crippen MR) is 92.0 cm³/mol. The summed E-state index contributed by atoms with van der Waals surface area (Å²) in [7, 11) is 0. The largest absolute Gasteiger partial charge is 0.372 e. The highest BCUT2D eigenvalue weighted by molar-refractivity contribution is 7.11. The average Bonchev–Trinajstić information content (AvgIpc) is 2.98. The van der Waals surface area contributed by atoms with E-state index in [1.54, 1.807) is 11.3 Å². The van der Waals surface area contributed by atoms with Crippen LogP contribution in [0.3, 0.4) is 0 Å². The van der Waals surface area contributed by atoms with E-state index < -0.39 is 0 Å². The zero-order valence-electron chi connectivity index (χ0n) is 13.2. The Morgan fingerprint density at radius 2 is 1.76 bits per heavy atom. The third kappa shape index (κ3) is 4.55. The van der Waals surface area contributed by atoms with Crippen molar-refractivity contribution in [1.29, 1.82) is 0 Å². The van der Waals surface area contributed by atoms with Crippen LogP contribution in [-0.2, 0) is 19.5 Å². The van der Waals surface area contributed by atoms with Crippen LogP contribution in [0.4, 0.5) is 5.69 Å². The Kier molecular flexibility index (Phi) is 6.21. The van der Waals surface area contributed by atoms with E-state index in [1.807, 2.05) is 6.20 Å². The van der Waals surface area contributed by atoms with Crippen molar-refractivity contribution in [3.05, 3.63) is 45.9 Å². The number of rotatable bonds is 8. The van der Waals surface area contributed by atoms with Crippen LogP contribution in [-0.4, -0.2) is 18.1 Å². The van der Waals surface area contributed by atoms with Gasteiger partial charge in [0.2, 0.25) is 0 Å². The van der Waals surface area contributed by atoms with Crippen molar-refractivity contribution >= 4 is 17.0 Å². The quantitative estimate of drug-likeness (QED) is 0.803. The van der Waals surface area contributed by atoms with Crippen LogP contribution in [0.2, 0.25) is 0 Å². The molecule has 0 amide bonds. The van der Waals surface area contributed by atoms with E-state index in [9.17, 15) is 0 Å². The molecule has 1 aromatic heterocycles. The summed E-state index contributed by atoms with van der Waals surface area (Å²) < 4.78 is 0. The molecule has 2 aromatic rings. The number of nitrogens with one attached hydrogen (secondary N) is 1. The van der Waals surface area contributed by atoms with Crippen LogP contribution in [0.25, 0.3) is 0 Å². The van der Waals surface area contributed by atoms with Gasteiger partial charge in [0.25, 0.3) is 0 Å². The molecule has 0 spiro atoms. The van der Waals surface area contributed by atoms with Gasteiger partial charge in [0.1, 0.15) is 5.01 Å². The van der Waals surface area contributed by atoms with E-state index in [1.165, 1.54) is 21.1 Å². The number of hydrogen-bond donors (Lipinski definition) is 1. The molecule has 2 rings (SSSR count). The standard InChI is InChI=1S/C17H25N3S/c1-4-16-12-19-17(21-16)13-18-11-14-7-9-15(10-8-14)20(5-2)6-3/h7-10,12,18H,4-6,11,13H2,1-3H3.